The highest BCUT2D eigenvalue weighted by molar-refractivity contribution is 7.20. The van der Waals surface area contributed by atoms with Crippen molar-refractivity contribution in [3.63, 3.8) is 0 Å². The highest BCUT2D eigenvalue weighted by Gasteiger charge is 2.42. The van der Waals surface area contributed by atoms with E-state index in [0.29, 0.717) is 0 Å². The number of fused-ring (bicyclic) bond motifs is 6. The van der Waals surface area contributed by atoms with E-state index in [0.717, 1.165) is 17.1 Å². The summed E-state index contributed by atoms with van der Waals surface area (Å²) in [4.78, 5) is 0. The SMILES string of the molecule is c1ccc(-n2c3ccccc3c3cc([Si](c4ccccc4)(c4ccccc4)c4cccc(-n5c6ccccc6c6ccc(-n7c8cccc9c8c8c(cccc87)n9-c7ccccc7)cc65)c4)ccc32)cc1. The van der Waals surface area contributed by atoms with Crippen molar-refractivity contribution in [2.75, 3.05) is 0 Å². The van der Waals surface area contributed by atoms with Gasteiger partial charge in [-0.2, -0.15) is 0 Å². The summed E-state index contributed by atoms with van der Waals surface area (Å²) in [6.45, 7) is 0. The molecule has 0 aliphatic heterocycles. The lowest BCUT2D eigenvalue weighted by Crippen LogP contribution is -2.74. The fourth-order valence-corrected chi connectivity index (χ4v) is 17.2. The summed E-state index contributed by atoms with van der Waals surface area (Å²) in [5, 5.41) is 12.9. The topological polar surface area (TPSA) is 19.7 Å². The Balaban J connectivity index is 0.978. The molecule has 0 amide bonds. The maximum atomic E-state index is 2.53. The standard InChI is InChI=1S/C66H44N4Si/c1-5-20-45(21-6-1)67-58-33-16-14-31-54(58)56-44-52(39-41-59(56)67)71(49-25-9-3-10-26-49,50-27-11-4-12-28-50)51-29-17-24-47(42-51)69-57-32-15-13-30-53(57)55-40-38-48(43-64(55)69)70-62-36-18-34-60-65(62)66-61(35-19-37-63(66)70)68(60)46-22-7-2-8-23-46/h1-44H. The molecule has 4 nitrogen and oxygen atoms in total. The predicted molar refractivity (Wildman–Crippen MR) is 301 cm³/mol. The van der Waals surface area contributed by atoms with Gasteiger partial charge in [0.15, 0.2) is 8.07 Å². The normalized spacial score (nSPS) is 12.2. The maximum absolute atomic E-state index is 3.03. The Bertz CT molecular complexity index is 4400. The van der Waals surface area contributed by atoms with Gasteiger partial charge < -0.3 is 18.3 Å². The minimum atomic E-state index is -3.03. The molecule has 11 aromatic carbocycles. The van der Waals surface area contributed by atoms with Gasteiger partial charge in [0, 0.05) is 55.1 Å². The fourth-order valence-electron chi connectivity index (χ4n) is 12.4. The summed E-state index contributed by atoms with van der Waals surface area (Å²) in [6.07, 6.45) is 0. The molecule has 0 radical (unpaired) electrons. The average molecular weight is 921 g/mol. The zero-order valence-electron chi connectivity index (χ0n) is 38.7. The third-order valence-corrected chi connectivity index (χ3v) is 20.0. The van der Waals surface area contributed by atoms with E-state index >= 15 is 0 Å². The molecule has 0 unspecified atom stereocenters. The molecule has 5 heteroatoms. The fraction of sp³-hybridized carbons (Fsp3) is 0. The van der Waals surface area contributed by atoms with Crippen LogP contribution < -0.4 is 20.7 Å². The van der Waals surface area contributed by atoms with Gasteiger partial charge in [0.2, 0.25) is 0 Å². The molecule has 0 aliphatic rings. The molecular weight excluding hydrogens is 877 g/mol. The van der Waals surface area contributed by atoms with Crippen molar-refractivity contribution < 1.29 is 0 Å². The minimum absolute atomic E-state index is 1.14. The highest BCUT2D eigenvalue weighted by atomic mass is 28.3. The summed E-state index contributed by atoms with van der Waals surface area (Å²) in [7, 11) is -3.03. The molecule has 15 rings (SSSR count). The van der Waals surface area contributed by atoms with E-state index in [-0.39, 0.29) is 0 Å². The van der Waals surface area contributed by atoms with E-state index in [1.54, 1.807) is 0 Å². The predicted octanol–water partition coefficient (Wildman–Crippen LogP) is 13.7. The van der Waals surface area contributed by atoms with Crippen LogP contribution >= 0.6 is 0 Å². The number of rotatable bonds is 8. The highest BCUT2D eigenvalue weighted by Crippen LogP contribution is 2.43. The van der Waals surface area contributed by atoms with Gasteiger partial charge in [-0.25, -0.2) is 0 Å². The molecule has 15 aromatic rings. The zero-order valence-corrected chi connectivity index (χ0v) is 39.7. The monoisotopic (exact) mass is 920 g/mol. The first kappa shape index (κ1) is 39.8. The molecule has 0 saturated heterocycles. The number of hydrogen-bond acceptors (Lipinski definition) is 0. The van der Waals surface area contributed by atoms with Crippen LogP contribution in [0.3, 0.4) is 0 Å². The summed E-state index contributed by atoms with van der Waals surface area (Å²) < 4.78 is 9.82. The largest absolute Gasteiger partial charge is 0.309 e. The second kappa shape index (κ2) is 15.4. The van der Waals surface area contributed by atoms with Gasteiger partial charge in [-0.15, -0.1) is 0 Å². The molecule has 4 heterocycles. The molecule has 332 valence electrons. The van der Waals surface area contributed by atoms with Gasteiger partial charge >= 0.3 is 0 Å². The first-order valence-corrected chi connectivity index (χ1v) is 26.5. The van der Waals surface area contributed by atoms with Gasteiger partial charge in [0.25, 0.3) is 0 Å². The van der Waals surface area contributed by atoms with E-state index in [4.69, 9.17) is 0 Å². The van der Waals surface area contributed by atoms with Gasteiger partial charge in [-0.1, -0.05) is 176 Å². The van der Waals surface area contributed by atoms with Crippen LogP contribution in [0.25, 0.3) is 99.2 Å². The number of aromatic nitrogens is 4. The molecule has 0 bridgehead atoms. The third kappa shape index (κ3) is 5.66. The van der Waals surface area contributed by atoms with Crippen molar-refractivity contribution in [3.8, 4) is 22.7 Å². The second-order valence-electron chi connectivity index (χ2n) is 18.9. The van der Waals surface area contributed by atoms with Crippen LogP contribution in [0.1, 0.15) is 0 Å². The first-order chi connectivity index (χ1) is 35.3. The molecule has 0 N–H and O–H groups in total. The minimum Gasteiger partial charge on any atom is -0.309 e. The second-order valence-corrected chi connectivity index (χ2v) is 22.7. The van der Waals surface area contributed by atoms with E-state index in [1.165, 1.54) is 103 Å². The van der Waals surface area contributed by atoms with Crippen LogP contribution in [0.4, 0.5) is 0 Å². The van der Waals surface area contributed by atoms with Crippen molar-refractivity contribution in [2.24, 2.45) is 0 Å². The van der Waals surface area contributed by atoms with E-state index in [1.807, 2.05) is 0 Å². The van der Waals surface area contributed by atoms with Crippen LogP contribution in [-0.2, 0) is 0 Å². The molecular formula is C66H44N4Si. The average Bonchev–Trinajstić information content (AvgIpc) is 4.18. The Hall–Kier alpha value is -9.16. The smallest absolute Gasteiger partial charge is 0.179 e. The summed E-state index contributed by atoms with van der Waals surface area (Å²) >= 11 is 0. The summed E-state index contributed by atoms with van der Waals surface area (Å²) in [6, 6.07) is 99.4. The lowest BCUT2D eigenvalue weighted by Gasteiger charge is -2.35. The lowest BCUT2D eigenvalue weighted by molar-refractivity contribution is 1.15. The first-order valence-electron chi connectivity index (χ1n) is 24.5. The number of nitrogens with zero attached hydrogens (tertiary/aromatic N) is 4. The maximum Gasteiger partial charge on any atom is 0.179 e. The molecule has 0 spiro atoms. The summed E-state index contributed by atoms with van der Waals surface area (Å²) in [5.41, 5.74) is 14.2. The molecule has 4 aromatic heterocycles. The Morgan fingerprint density at radius 3 is 1.14 bits per heavy atom. The third-order valence-electron chi connectivity index (χ3n) is 15.3. The van der Waals surface area contributed by atoms with Crippen molar-refractivity contribution in [1.29, 1.82) is 0 Å². The molecule has 0 atom stereocenters. The number of benzene rings is 11. The van der Waals surface area contributed by atoms with E-state index < -0.39 is 8.07 Å². The van der Waals surface area contributed by atoms with E-state index in [2.05, 4.69) is 285 Å². The Morgan fingerprint density at radius 1 is 0.197 bits per heavy atom. The van der Waals surface area contributed by atoms with Crippen molar-refractivity contribution >= 4 is 105 Å². The van der Waals surface area contributed by atoms with Crippen LogP contribution in [0, 0.1) is 0 Å². The van der Waals surface area contributed by atoms with Crippen molar-refractivity contribution in [3.05, 3.63) is 267 Å². The van der Waals surface area contributed by atoms with Crippen molar-refractivity contribution in [2.45, 2.75) is 0 Å². The van der Waals surface area contributed by atoms with Crippen LogP contribution in [0.2, 0.25) is 0 Å². The van der Waals surface area contributed by atoms with Crippen LogP contribution in [0.5, 0.6) is 0 Å². The lowest BCUT2D eigenvalue weighted by atomic mass is 10.1. The Morgan fingerprint density at radius 2 is 0.563 bits per heavy atom. The molecule has 71 heavy (non-hydrogen) atoms. The van der Waals surface area contributed by atoms with Crippen LogP contribution in [0.15, 0.2) is 267 Å². The molecule has 0 fully saturated rings. The van der Waals surface area contributed by atoms with Crippen molar-refractivity contribution in [1.82, 2.24) is 18.3 Å². The Kier molecular flexibility index (Phi) is 8.64. The van der Waals surface area contributed by atoms with Gasteiger partial charge in [-0.05, 0) is 112 Å². The molecule has 0 aliphatic carbocycles. The molecule has 0 saturated carbocycles. The number of para-hydroxylation sites is 4. The van der Waals surface area contributed by atoms with Gasteiger partial charge in [-0.3, -0.25) is 0 Å². The van der Waals surface area contributed by atoms with E-state index in [9.17, 15) is 0 Å². The Labute approximate surface area is 411 Å². The summed E-state index contributed by atoms with van der Waals surface area (Å²) in [5.74, 6) is 0. The zero-order chi connectivity index (χ0) is 46.6. The van der Waals surface area contributed by atoms with Gasteiger partial charge in [0.05, 0.1) is 44.1 Å². The van der Waals surface area contributed by atoms with Crippen LogP contribution in [-0.4, -0.2) is 26.3 Å². The van der Waals surface area contributed by atoms with Gasteiger partial charge in [0.1, 0.15) is 0 Å². The quantitative estimate of drug-likeness (QED) is 0.107. The number of hydrogen-bond donors (Lipinski definition) is 0.